The summed E-state index contributed by atoms with van der Waals surface area (Å²) in [6, 6.07) is 2.47. The summed E-state index contributed by atoms with van der Waals surface area (Å²) in [5, 5.41) is 0. The average molecular weight is 205 g/mol. The van der Waals surface area contributed by atoms with E-state index in [9.17, 15) is 12.8 Å². The molecule has 0 atom stereocenters. The summed E-state index contributed by atoms with van der Waals surface area (Å²) in [6.45, 7) is 0. The van der Waals surface area contributed by atoms with Crippen molar-refractivity contribution in [2.24, 2.45) is 0 Å². The molecule has 0 aromatic carbocycles. The molecule has 0 fully saturated rings. The highest BCUT2D eigenvalue weighted by Crippen LogP contribution is 2.06. The van der Waals surface area contributed by atoms with Gasteiger partial charge in [0, 0.05) is 6.20 Å². The SMILES string of the molecule is COS(=O)(=O)Cc1ccnc(F)c1. The summed E-state index contributed by atoms with van der Waals surface area (Å²) >= 11 is 0. The fraction of sp³-hybridized carbons (Fsp3) is 0.286. The molecule has 1 aromatic heterocycles. The first-order valence-corrected chi connectivity index (χ1v) is 5.00. The van der Waals surface area contributed by atoms with Gasteiger partial charge >= 0.3 is 0 Å². The van der Waals surface area contributed by atoms with Crippen LogP contribution in [0.2, 0.25) is 0 Å². The summed E-state index contributed by atoms with van der Waals surface area (Å²) in [6.07, 6.45) is 1.20. The van der Waals surface area contributed by atoms with E-state index in [1.807, 2.05) is 0 Å². The standard InChI is InChI=1S/C7H8FNO3S/c1-12-13(10,11)5-6-2-3-9-7(8)4-6/h2-4H,5H2,1H3. The van der Waals surface area contributed by atoms with Crippen LogP contribution in [-0.4, -0.2) is 20.5 Å². The maximum absolute atomic E-state index is 12.5. The fourth-order valence-electron chi connectivity index (χ4n) is 0.795. The maximum Gasteiger partial charge on any atom is 0.271 e. The van der Waals surface area contributed by atoms with E-state index in [0.717, 1.165) is 13.2 Å². The molecule has 0 radical (unpaired) electrons. The molecule has 6 heteroatoms. The van der Waals surface area contributed by atoms with Gasteiger partial charge in [0.15, 0.2) is 0 Å². The lowest BCUT2D eigenvalue weighted by Gasteiger charge is -2.00. The summed E-state index contributed by atoms with van der Waals surface area (Å²) < 4.78 is 38.5. The van der Waals surface area contributed by atoms with Gasteiger partial charge in [-0.2, -0.15) is 12.8 Å². The molecule has 1 aromatic rings. The number of rotatable bonds is 3. The van der Waals surface area contributed by atoms with E-state index in [0.29, 0.717) is 5.56 Å². The van der Waals surface area contributed by atoms with Gasteiger partial charge in [0.2, 0.25) is 5.95 Å². The summed E-state index contributed by atoms with van der Waals surface area (Å²) in [7, 11) is -2.52. The lowest BCUT2D eigenvalue weighted by Crippen LogP contribution is -2.06. The van der Waals surface area contributed by atoms with Crippen LogP contribution in [0.5, 0.6) is 0 Å². The van der Waals surface area contributed by atoms with Crippen LogP contribution in [0, 0.1) is 5.95 Å². The zero-order valence-electron chi connectivity index (χ0n) is 6.90. The Morgan fingerprint density at radius 3 is 2.85 bits per heavy atom. The van der Waals surface area contributed by atoms with Gasteiger partial charge in [-0.15, -0.1) is 0 Å². The van der Waals surface area contributed by atoms with Crippen molar-refractivity contribution in [3.05, 3.63) is 29.8 Å². The van der Waals surface area contributed by atoms with Gasteiger partial charge in [-0.25, -0.2) is 4.98 Å². The number of aromatic nitrogens is 1. The van der Waals surface area contributed by atoms with Gasteiger partial charge in [0.05, 0.1) is 7.11 Å². The Morgan fingerprint density at radius 2 is 2.31 bits per heavy atom. The van der Waals surface area contributed by atoms with Crippen molar-refractivity contribution in [1.82, 2.24) is 4.98 Å². The van der Waals surface area contributed by atoms with Gasteiger partial charge in [-0.3, -0.25) is 4.18 Å². The highest BCUT2D eigenvalue weighted by Gasteiger charge is 2.10. The highest BCUT2D eigenvalue weighted by atomic mass is 32.2. The van der Waals surface area contributed by atoms with Gasteiger partial charge < -0.3 is 0 Å². The van der Waals surface area contributed by atoms with Crippen LogP contribution in [0.1, 0.15) is 5.56 Å². The second-order valence-corrected chi connectivity index (χ2v) is 4.09. The normalized spacial score (nSPS) is 11.5. The second kappa shape index (κ2) is 3.80. The van der Waals surface area contributed by atoms with Crippen LogP contribution in [0.4, 0.5) is 4.39 Å². The van der Waals surface area contributed by atoms with Crippen molar-refractivity contribution in [3.8, 4) is 0 Å². The van der Waals surface area contributed by atoms with Crippen LogP contribution < -0.4 is 0 Å². The van der Waals surface area contributed by atoms with Crippen LogP contribution in [0.25, 0.3) is 0 Å². The van der Waals surface area contributed by atoms with Crippen molar-refractivity contribution < 1.29 is 17.0 Å². The third kappa shape index (κ3) is 3.08. The Bertz CT molecular complexity index is 390. The molecule has 0 bridgehead atoms. The smallest absolute Gasteiger partial charge is 0.271 e. The maximum atomic E-state index is 12.5. The van der Waals surface area contributed by atoms with Gasteiger partial charge in [0.25, 0.3) is 10.1 Å². The summed E-state index contributed by atoms with van der Waals surface area (Å²) in [5.41, 5.74) is 0.314. The fourth-order valence-corrected chi connectivity index (χ4v) is 1.50. The van der Waals surface area contributed by atoms with Crippen molar-refractivity contribution in [1.29, 1.82) is 0 Å². The molecule has 0 aliphatic heterocycles. The Kier molecular flexibility index (Phi) is 2.94. The van der Waals surface area contributed by atoms with Gasteiger partial charge in [0.1, 0.15) is 5.75 Å². The minimum Gasteiger partial charge on any atom is -0.273 e. The molecular formula is C7H8FNO3S. The number of halogens is 1. The molecule has 1 heterocycles. The molecule has 0 saturated carbocycles. The number of nitrogens with zero attached hydrogens (tertiary/aromatic N) is 1. The quantitative estimate of drug-likeness (QED) is 0.538. The first-order valence-electron chi connectivity index (χ1n) is 3.42. The highest BCUT2D eigenvalue weighted by molar-refractivity contribution is 7.85. The molecule has 4 nitrogen and oxygen atoms in total. The van der Waals surface area contributed by atoms with Crippen LogP contribution in [0.3, 0.4) is 0 Å². The zero-order valence-corrected chi connectivity index (χ0v) is 7.71. The first kappa shape index (κ1) is 10.1. The first-order chi connectivity index (χ1) is 6.03. The molecule has 72 valence electrons. The Labute approximate surface area is 75.5 Å². The number of hydrogen-bond acceptors (Lipinski definition) is 4. The zero-order chi connectivity index (χ0) is 9.90. The lowest BCUT2D eigenvalue weighted by atomic mass is 10.3. The average Bonchev–Trinajstić information content (AvgIpc) is 2.03. The van der Waals surface area contributed by atoms with Crippen molar-refractivity contribution in [3.63, 3.8) is 0 Å². The predicted molar refractivity (Wildman–Crippen MR) is 43.8 cm³/mol. The molecule has 0 saturated heterocycles. The number of hydrogen-bond donors (Lipinski definition) is 0. The predicted octanol–water partition coefficient (Wildman–Crippen LogP) is 0.697. The van der Waals surface area contributed by atoms with E-state index in [1.54, 1.807) is 0 Å². The molecule has 0 aliphatic rings. The molecular weight excluding hydrogens is 197 g/mol. The Hall–Kier alpha value is -1.01. The third-order valence-electron chi connectivity index (χ3n) is 1.39. The minimum atomic E-state index is -3.58. The summed E-state index contributed by atoms with van der Waals surface area (Å²) in [4.78, 5) is 3.29. The molecule has 0 unspecified atom stereocenters. The molecule has 0 aliphatic carbocycles. The van der Waals surface area contributed by atoms with Crippen molar-refractivity contribution in [2.45, 2.75) is 5.75 Å². The molecule has 13 heavy (non-hydrogen) atoms. The van der Waals surface area contributed by atoms with Crippen LogP contribution in [-0.2, 0) is 20.1 Å². The van der Waals surface area contributed by atoms with Crippen molar-refractivity contribution >= 4 is 10.1 Å². The van der Waals surface area contributed by atoms with E-state index < -0.39 is 16.1 Å². The summed E-state index contributed by atoms with van der Waals surface area (Å²) in [5.74, 6) is -1.05. The number of pyridine rings is 1. The Balaban J connectivity index is 2.87. The monoisotopic (exact) mass is 205 g/mol. The topological polar surface area (TPSA) is 56.3 Å². The van der Waals surface area contributed by atoms with E-state index >= 15 is 0 Å². The lowest BCUT2D eigenvalue weighted by molar-refractivity contribution is 0.397. The molecule has 0 spiro atoms. The molecule has 0 amide bonds. The van der Waals surface area contributed by atoms with Crippen LogP contribution >= 0.6 is 0 Å². The second-order valence-electron chi connectivity index (χ2n) is 2.36. The van der Waals surface area contributed by atoms with E-state index in [1.165, 1.54) is 12.3 Å². The molecule has 0 N–H and O–H groups in total. The van der Waals surface area contributed by atoms with Gasteiger partial charge in [-0.1, -0.05) is 0 Å². The van der Waals surface area contributed by atoms with E-state index in [2.05, 4.69) is 9.17 Å². The minimum absolute atomic E-state index is 0.314. The Morgan fingerprint density at radius 1 is 1.62 bits per heavy atom. The van der Waals surface area contributed by atoms with Crippen molar-refractivity contribution in [2.75, 3.05) is 7.11 Å². The van der Waals surface area contributed by atoms with E-state index in [-0.39, 0.29) is 5.75 Å². The largest absolute Gasteiger partial charge is 0.273 e. The third-order valence-corrected chi connectivity index (χ3v) is 2.58. The van der Waals surface area contributed by atoms with Crippen LogP contribution in [0.15, 0.2) is 18.3 Å². The van der Waals surface area contributed by atoms with Gasteiger partial charge in [-0.05, 0) is 17.7 Å². The van der Waals surface area contributed by atoms with E-state index in [4.69, 9.17) is 0 Å². The molecule has 1 rings (SSSR count).